The number of carbonyl (C=O) groups excluding carboxylic acids is 2. The van der Waals surface area contributed by atoms with Crippen LogP contribution in [0.15, 0.2) is 36.5 Å². The van der Waals surface area contributed by atoms with Gasteiger partial charge >= 0.3 is 13.8 Å². The van der Waals surface area contributed by atoms with Gasteiger partial charge < -0.3 is 19.4 Å². The molecular weight excluding hydrogens is 1000 g/mol. The fourth-order valence-corrected chi connectivity index (χ4v) is 11.0. The third-order valence-corrected chi connectivity index (χ3v) is 16.6. The van der Waals surface area contributed by atoms with Gasteiger partial charge in [-0.05, 0) is 63.9 Å². The highest BCUT2D eigenvalue weighted by Crippen LogP contribution is 2.43. The van der Waals surface area contributed by atoms with Crippen LogP contribution in [0.4, 0.5) is 0 Å². The second-order valence-electron chi connectivity index (χ2n) is 24.7. The van der Waals surface area contributed by atoms with Crippen LogP contribution in [0.3, 0.4) is 0 Å². The van der Waals surface area contributed by atoms with E-state index in [9.17, 15) is 19.0 Å². The van der Waals surface area contributed by atoms with E-state index >= 15 is 0 Å². The number of phosphoric acid groups is 1. The molecule has 10 heteroatoms. The first-order chi connectivity index (χ1) is 38.4. The summed E-state index contributed by atoms with van der Waals surface area (Å²) in [5, 5.41) is 3.07. The van der Waals surface area contributed by atoms with Crippen molar-refractivity contribution in [2.45, 2.75) is 354 Å². The molecule has 0 rings (SSSR count). The van der Waals surface area contributed by atoms with Crippen LogP contribution in [0.2, 0.25) is 0 Å². The molecule has 0 aromatic carbocycles. The third-order valence-electron chi connectivity index (χ3n) is 15.6. The number of phosphoric ester groups is 1. The summed E-state index contributed by atoms with van der Waals surface area (Å²) < 4.78 is 30.8. The number of quaternary nitrogens is 1. The predicted octanol–water partition coefficient (Wildman–Crippen LogP) is 21.5. The molecule has 0 bridgehead atoms. The molecule has 3 atom stereocenters. The molecule has 0 aliphatic rings. The van der Waals surface area contributed by atoms with E-state index in [-0.39, 0.29) is 25.1 Å². The Bertz CT molecular complexity index is 1450. The smallest absolute Gasteiger partial charge is 0.456 e. The largest absolute Gasteiger partial charge is 0.472 e. The molecule has 0 heterocycles. The van der Waals surface area contributed by atoms with Crippen LogP contribution in [-0.2, 0) is 27.9 Å². The molecule has 0 aromatic heterocycles. The van der Waals surface area contributed by atoms with E-state index in [0.29, 0.717) is 23.9 Å². The molecule has 3 unspecified atom stereocenters. The maximum absolute atomic E-state index is 13.6. The Morgan fingerprint density at radius 3 is 1.16 bits per heavy atom. The zero-order valence-corrected chi connectivity index (χ0v) is 54.3. The van der Waals surface area contributed by atoms with Crippen LogP contribution in [0.5, 0.6) is 0 Å². The fraction of sp³-hybridized carbons (Fsp3) is 0.884. The molecule has 0 saturated heterocycles. The van der Waals surface area contributed by atoms with Gasteiger partial charge in [0.25, 0.3) is 0 Å². The highest BCUT2D eigenvalue weighted by molar-refractivity contribution is 7.47. The summed E-state index contributed by atoms with van der Waals surface area (Å²) in [4.78, 5) is 37.8. The molecule has 0 spiro atoms. The Hall–Kier alpha value is -1.77. The maximum atomic E-state index is 13.6. The number of hydrogen-bond acceptors (Lipinski definition) is 6. The zero-order chi connectivity index (χ0) is 57.9. The number of nitrogens with one attached hydrogen (secondary N) is 1. The first-order valence-corrected chi connectivity index (χ1v) is 35.8. The lowest BCUT2D eigenvalue weighted by atomic mass is 10.0. The lowest BCUT2D eigenvalue weighted by Gasteiger charge is -2.27. The average Bonchev–Trinajstić information content (AvgIpc) is 3.41. The lowest BCUT2D eigenvalue weighted by Crippen LogP contribution is -2.47. The number of rotatable bonds is 63. The highest BCUT2D eigenvalue weighted by Gasteiger charge is 2.30. The van der Waals surface area contributed by atoms with Crippen molar-refractivity contribution in [2.24, 2.45) is 0 Å². The van der Waals surface area contributed by atoms with E-state index in [1.807, 2.05) is 33.3 Å². The predicted molar refractivity (Wildman–Crippen MR) is 342 cm³/mol. The van der Waals surface area contributed by atoms with E-state index in [1.165, 1.54) is 244 Å². The monoisotopic (exact) mass is 1130 g/mol. The molecular formula is C69H134N2O7P+. The minimum absolute atomic E-state index is 0.0437. The van der Waals surface area contributed by atoms with E-state index < -0.39 is 20.0 Å². The summed E-state index contributed by atoms with van der Waals surface area (Å²) in [7, 11) is 1.51. The first-order valence-electron chi connectivity index (χ1n) is 34.3. The Kier molecular flexibility index (Phi) is 58.1. The van der Waals surface area contributed by atoms with Crippen LogP contribution in [0.25, 0.3) is 0 Å². The van der Waals surface area contributed by atoms with Gasteiger partial charge in [0.05, 0.1) is 33.8 Å². The highest BCUT2D eigenvalue weighted by atomic mass is 31.2. The van der Waals surface area contributed by atoms with Crippen LogP contribution in [-0.4, -0.2) is 74.3 Å². The molecule has 0 radical (unpaired) electrons. The summed E-state index contributed by atoms with van der Waals surface area (Å²) in [5.41, 5.74) is 0. The average molecular weight is 1130 g/mol. The van der Waals surface area contributed by atoms with Gasteiger partial charge in [-0.25, -0.2) is 4.57 Å². The number of allylic oxidation sites excluding steroid dienone is 5. The molecule has 1 amide bonds. The summed E-state index contributed by atoms with van der Waals surface area (Å²) in [5.74, 6) is -0.486. The van der Waals surface area contributed by atoms with Gasteiger partial charge in [-0.15, -0.1) is 0 Å². The maximum Gasteiger partial charge on any atom is 0.472 e. The van der Waals surface area contributed by atoms with Crippen LogP contribution >= 0.6 is 7.82 Å². The number of hydrogen-bond donors (Lipinski definition) is 2. The van der Waals surface area contributed by atoms with Gasteiger partial charge in [0.15, 0.2) is 0 Å². The van der Waals surface area contributed by atoms with Crippen molar-refractivity contribution < 1.29 is 37.3 Å². The molecule has 466 valence electrons. The first kappa shape index (κ1) is 77.2. The molecule has 9 nitrogen and oxygen atoms in total. The quantitative estimate of drug-likeness (QED) is 0.0205. The Balaban J connectivity index is 4.97. The van der Waals surface area contributed by atoms with E-state index in [1.54, 1.807) is 0 Å². The van der Waals surface area contributed by atoms with Gasteiger partial charge in [0.1, 0.15) is 19.3 Å². The standard InChI is InChI=1S/C69H133N2O7P/c1-7-10-13-16-19-22-25-28-30-31-32-33-34-35-36-37-38-39-40-41-42-43-46-49-52-55-58-61-68(72)70-66(65-77-79(74,75)76-64-63-71(4,5)6)67(60-57-54-51-48-45-27-24-21-18-15-12-9-3)78-69(73)62-59-56-53-50-47-44-29-26-23-20-17-14-11-8-2/h19,22,28,30,57,60,66-67H,7-18,20-21,23-27,29,31-56,58-59,61-65H2,1-6H3,(H-,70,72,74,75)/p+1/b22-19-,30-28-,60-57-. The molecule has 0 aromatic rings. The molecule has 0 aliphatic heterocycles. The molecule has 2 N–H and O–H groups in total. The van der Waals surface area contributed by atoms with Crippen molar-refractivity contribution >= 4 is 19.7 Å². The number of unbranched alkanes of at least 4 members (excludes halogenated alkanes) is 43. The van der Waals surface area contributed by atoms with Gasteiger partial charge in [-0.1, -0.05) is 302 Å². The third kappa shape index (κ3) is 60.6. The number of esters is 1. The van der Waals surface area contributed by atoms with Crippen molar-refractivity contribution in [2.75, 3.05) is 40.9 Å². The summed E-state index contributed by atoms with van der Waals surface area (Å²) in [6, 6.07) is -0.843. The van der Waals surface area contributed by atoms with Crippen LogP contribution in [0.1, 0.15) is 342 Å². The Labute approximate surface area is 491 Å². The number of nitrogens with zero attached hydrogens (tertiary/aromatic N) is 1. The van der Waals surface area contributed by atoms with Crippen LogP contribution < -0.4 is 5.32 Å². The van der Waals surface area contributed by atoms with E-state index in [2.05, 4.69) is 50.4 Å². The van der Waals surface area contributed by atoms with Crippen molar-refractivity contribution in [1.29, 1.82) is 0 Å². The van der Waals surface area contributed by atoms with Crippen LogP contribution in [0, 0.1) is 0 Å². The zero-order valence-electron chi connectivity index (χ0n) is 53.4. The van der Waals surface area contributed by atoms with Gasteiger partial charge in [0, 0.05) is 12.8 Å². The van der Waals surface area contributed by atoms with Gasteiger partial charge in [-0.3, -0.25) is 18.6 Å². The number of carbonyl (C=O) groups is 2. The van der Waals surface area contributed by atoms with E-state index in [4.69, 9.17) is 13.8 Å². The Morgan fingerprint density at radius 1 is 0.443 bits per heavy atom. The lowest BCUT2D eigenvalue weighted by molar-refractivity contribution is -0.870. The van der Waals surface area contributed by atoms with Crippen molar-refractivity contribution in [3.8, 4) is 0 Å². The second kappa shape index (κ2) is 59.4. The van der Waals surface area contributed by atoms with Gasteiger partial charge in [-0.2, -0.15) is 0 Å². The van der Waals surface area contributed by atoms with Crippen molar-refractivity contribution in [3.05, 3.63) is 36.5 Å². The number of amides is 1. The number of likely N-dealkylation sites (N-methyl/N-ethyl adjacent to an activating group) is 1. The minimum Gasteiger partial charge on any atom is -0.456 e. The summed E-state index contributed by atoms with van der Waals surface area (Å²) >= 11 is 0. The summed E-state index contributed by atoms with van der Waals surface area (Å²) in [6.07, 6.45) is 73.0. The topological polar surface area (TPSA) is 111 Å². The van der Waals surface area contributed by atoms with E-state index in [0.717, 1.165) is 64.2 Å². The molecule has 0 aliphatic carbocycles. The SMILES string of the molecule is CCCCC/C=C\C/C=C\CCCCCCCCCCCCCCCCCCCC(=O)NC(COP(=O)(O)OCC[N+](C)(C)C)C(/C=C\CCCCCCCCCCCC)OC(=O)CCCCCCCCCCCCCCCC. The van der Waals surface area contributed by atoms with Crippen molar-refractivity contribution in [3.63, 3.8) is 0 Å². The number of ether oxygens (including phenoxy) is 1. The second-order valence-corrected chi connectivity index (χ2v) is 26.2. The normalized spacial score (nSPS) is 13.8. The molecule has 0 fully saturated rings. The minimum atomic E-state index is -4.45. The summed E-state index contributed by atoms with van der Waals surface area (Å²) in [6.45, 7) is 7.04. The Morgan fingerprint density at radius 2 is 0.772 bits per heavy atom. The molecule has 0 saturated carbocycles. The van der Waals surface area contributed by atoms with Crippen molar-refractivity contribution in [1.82, 2.24) is 5.32 Å². The fourth-order valence-electron chi connectivity index (χ4n) is 10.3. The van der Waals surface area contributed by atoms with Gasteiger partial charge in [0.2, 0.25) is 5.91 Å². The molecule has 79 heavy (non-hydrogen) atoms.